The first-order chi connectivity index (χ1) is 9.97. The van der Waals surface area contributed by atoms with E-state index in [1.54, 1.807) is 0 Å². The normalized spacial score (nSPS) is 12.7. The molecule has 1 aromatic rings. The molecule has 0 saturated carbocycles. The molecule has 0 aliphatic rings. The third-order valence-corrected chi connectivity index (χ3v) is 3.40. The molecule has 2 unspecified atom stereocenters. The third-order valence-electron chi connectivity index (χ3n) is 2.87. The quantitative estimate of drug-likeness (QED) is 0.684. The Morgan fingerprint density at radius 2 is 1.86 bits per heavy atom. The van der Waals surface area contributed by atoms with Crippen molar-refractivity contribution in [1.29, 1.82) is 0 Å². The summed E-state index contributed by atoms with van der Waals surface area (Å²) in [7, 11) is 2.77. The molecule has 0 aromatic heterocycles. The van der Waals surface area contributed by atoms with Crippen LogP contribution in [0, 0.1) is 0 Å². The van der Waals surface area contributed by atoms with E-state index in [-0.39, 0.29) is 31.3 Å². The van der Waals surface area contributed by atoms with Gasteiger partial charge in [-0.05, 0) is 17.7 Å². The average Bonchev–Trinajstić information content (AvgIpc) is 2.47. The van der Waals surface area contributed by atoms with Gasteiger partial charge in [0.15, 0.2) is 0 Å². The van der Waals surface area contributed by atoms with Crippen molar-refractivity contribution in [2.75, 3.05) is 20.8 Å². The molecule has 0 heterocycles. The van der Waals surface area contributed by atoms with Gasteiger partial charge in [-0.25, -0.2) is 0 Å². The number of carbonyl (C=O) groups is 2. The standard InChI is InChI=1S/C14H19BrN2O4.ClH/c1-20-8-11(16)14(19)17-12(7-13(18)21-2)9-3-5-10(15)6-4-9;/h3-6,11-12H,7-8,16H2,1-2H3,(H,17,19);1H. The summed E-state index contributed by atoms with van der Waals surface area (Å²) in [6.07, 6.45) is 0.0313. The van der Waals surface area contributed by atoms with Crippen molar-refractivity contribution in [3.63, 3.8) is 0 Å². The minimum absolute atomic E-state index is 0. The van der Waals surface area contributed by atoms with Crippen molar-refractivity contribution in [1.82, 2.24) is 5.32 Å². The van der Waals surface area contributed by atoms with Crippen LogP contribution in [0.4, 0.5) is 0 Å². The molecule has 0 aliphatic carbocycles. The lowest BCUT2D eigenvalue weighted by atomic mass is 10.0. The van der Waals surface area contributed by atoms with Gasteiger partial charge in [0.2, 0.25) is 5.91 Å². The monoisotopic (exact) mass is 394 g/mol. The van der Waals surface area contributed by atoms with Crippen LogP contribution in [0.15, 0.2) is 28.7 Å². The van der Waals surface area contributed by atoms with Crippen LogP contribution in [-0.2, 0) is 19.1 Å². The molecule has 124 valence electrons. The van der Waals surface area contributed by atoms with Crippen LogP contribution in [0.3, 0.4) is 0 Å². The van der Waals surface area contributed by atoms with Crippen molar-refractivity contribution in [2.24, 2.45) is 5.73 Å². The summed E-state index contributed by atoms with van der Waals surface area (Å²) >= 11 is 3.34. The first kappa shape index (κ1) is 20.9. The van der Waals surface area contributed by atoms with E-state index in [0.29, 0.717) is 0 Å². The van der Waals surface area contributed by atoms with Crippen LogP contribution in [0.25, 0.3) is 0 Å². The number of amides is 1. The second-order valence-corrected chi connectivity index (χ2v) is 5.37. The van der Waals surface area contributed by atoms with Gasteiger partial charge in [0.1, 0.15) is 6.04 Å². The molecule has 1 amide bonds. The van der Waals surface area contributed by atoms with E-state index in [1.807, 2.05) is 24.3 Å². The molecule has 0 spiro atoms. The maximum Gasteiger partial charge on any atom is 0.307 e. The fourth-order valence-electron chi connectivity index (χ4n) is 1.73. The number of hydrogen-bond donors (Lipinski definition) is 2. The topological polar surface area (TPSA) is 90.6 Å². The van der Waals surface area contributed by atoms with Gasteiger partial charge in [0.25, 0.3) is 0 Å². The van der Waals surface area contributed by atoms with Crippen LogP contribution in [0.2, 0.25) is 0 Å². The maximum atomic E-state index is 12.0. The van der Waals surface area contributed by atoms with Gasteiger partial charge in [-0.1, -0.05) is 28.1 Å². The molecule has 3 N–H and O–H groups in total. The van der Waals surface area contributed by atoms with E-state index >= 15 is 0 Å². The Bertz CT molecular complexity index is 484. The van der Waals surface area contributed by atoms with E-state index in [4.69, 9.17) is 10.5 Å². The molecule has 0 radical (unpaired) electrons. The highest BCUT2D eigenvalue weighted by Crippen LogP contribution is 2.20. The number of ether oxygens (including phenoxy) is 2. The Morgan fingerprint density at radius 3 is 2.36 bits per heavy atom. The third kappa shape index (κ3) is 6.74. The summed E-state index contributed by atoms with van der Waals surface area (Å²) < 4.78 is 10.4. The predicted molar refractivity (Wildman–Crippen MR) is 88.8 cm³/mol. The van der Waals surface area contributed by atoms with E-state index in [2.05, 4.69) is 26.0 Å². The molecule has 1 aromatic carbocycles. The molecular weight excluding hydrogens is 376 g/mol. The highest BCUT2D eigenvalue weighted by atomic mass is 79.9. The number of nitrogens with two attached hydrogens (primary N) is 1. The number of carbonyl (C=O) groups excluding carboxylic acids is 2. The smallest absolute Gasteiger partial charge is 0.307 e. The lowest BCUT2D eigenvalue weighted by Gasteiger charge is -2.20. The summed E-state index contributed by atoms with van der Waals surface area (Å²) in [6, 6.07) is 6.02. The molecule has 2 atom stereocenters. The predicted octanol–water partition coefficient (Wildman–Crippen LogP) is 1.57. The van der Waals surface area contributed by atoms with Gasteiger partial charge in [-0.15, -0.1) is 12.4 Å². The average molecular weight is 396 g/mol. The Morgan fingerprint density at radius 1 is 1.27 bits per heavy atom. The number of esters is 1. The molecule has 1 rings (SSSR count). The number of methoxy groups -OCH3 is 2. The Hall–Kier alpha value is -1.15. The fraction of sp³-hybridized carbons (Fsp3) is 0.429. The highest BCUT2D eigenvalue weighted by Gasteiger charge is 2.22. The van der Waals surface area contributed by atoms with Crippen LogP contribution >= 0.6 is 28.3 Å². The molecule has 8 heteroatoms. The van der Waals surface area contributed by atoms with E-state index in [0.717, 1.165) is 10.0 Å². The number of benzene rings is 1. The molecule has 0 saturated heterocycles. The number of halogens is 2. The van der Waals surface area contributed by atoms with Crippen LogP contribution < -0.4 is 11.1 Å². The number of hydrogen-bond acceptors (Lipinski definition) is 5. The van der Waals surface area contributed by atoms with Gasteiger partial charge in [-0.2, -0.15) is 0 Å². The summed E-state index contributed by atoms with van der Waals surface area (Å²) in [6.45, 7) is 0.108. The SMILES string of the molecule is COCC(N)C(=O)NC(CC(=O)OC)c1ccc(Br)cc1.Cl. The maximum absolute atomic E-state index is 12.0. The van der Waals surface area contributed by atoms with Crippen molar-refractivity contribution < 1.29 is 19.1 Å². The lowest BCUT2D eigenvalue weighted by Crippen LogP contribution is -2.45. The zero-order valence-electron chi connectivity index (χ0n) is 12.4. The Balaban J connectivity index is 0.00000441. The molecule has 0 fully saturated rings. The number of nitrogens with one attached hydrogen (secondary N) is 1. The van der Waals surface area contributed by atoms with Gasteiger partial charge < -0.3 is 20.5 Å². The summed E-state index contributed by atoms with van der Waals surface area (Å²) in [5.41, 5.74) is 6.47. The van der Waals surface area contributed by atoms with Gasteiger partial charge in [-0.3, -0.25) is 9.59 Å². The second-order valence-electron chi connectivity index (χ2n) is 4.45. The van der Waals surface area contributed by atoms with Gasteiger partial charge in [0.05, 0.1) is 26.2 Å². The summed E-state index contributed by atoms with van der Waals surface area (Å²) in [4.78, 5) is 23.5. The minimum atomic E-state index is -0.786. The Labute approximate surface area is 144 Å². The van der Waals surface area contributed by atoms with Gasteiger partial charge >= 0.3 is 5.97 Å². The van der Waals surface area contributed by atoms with Gasteiger partial charge in [0, 0.05) is 11.6 Å². The van der Waals surface area contributed by atoms with E-state index in [1.165, 1.54) is 14.2 Å². The van der Waals surface area contributed by atoms with Crippen LogP contribution in [-0.4, -0.2) is 38.7 Å². The second kappa shape index (κ2) is 10.6. The van der Waals surface area contributed by atoms with Crippen molar-refractivity contribution >= 4 is 40.2 Å². The van der Waals surface area contributed by atoms with Crippen molar-refractivity contribution in [2.45, 2.75) is 18.5 Å². The fourth-order valence-corrected chi connectivity index (χ4v) is 2.00. The minimum Gasteiger partial charge on any atom is -0.469 e. The summed E-state index contributed by atoms with van der Waals surface area (Å²) in [5.74, 6) is -0.794. The van der Waals surface area contributed by atoms with Crippen LogP contribution in [0.1, 0.15) is 18.0 Å². The first-order valence-electron chi connectivity index (χ1n) is 6.35. The zero-order chi connectivity index (χ0) is 15.8. The zero-order valence-corrected chi connectivity index (χ0v) is 14.8. The molecule has 22 heavy (non-hydrogen) atoms. The Kier molecular flexibility index (Phi) is 10.0. The molecular formula is C14H20BrClN2O4. The largest absolute Gasteiger partial charge is 0.469 e. The molecule has 0 aliphatic heterocycles. The van der Waals surface area contributed by atoms with E-state index in [9.17, 15) is 9.59 Å². The van der Waals surface area contributed by atoms with Crippen LogP contribution in [0.5, 0.6) is 0 Å². The van der Waals surface area contributed by atoms with Crippen molar-refractivity contribution in [3.8, 4) is 0 Å². The van der Waals surface area contributed by atoms with Crippen molar-refractivity contribution in [3.05, 3.63) is 34.3 Å². The lowest BCUT2D eigenvalue weighted by molar-refractivity contribution is -0.141. The molecule has 6 nitrogen and oxygen atoms in total. The molecule has 0 bridgehead atoms. The first-order valence-corrected chi connectivity index (χ1v) is 7.14. The highest BCUT2D eigenvalue weighted by molar-refractivity contribution is 9.10. The number of rotatable bonds is 7. The van der Waals surface area contributed by atoms with E-state index < -0.39 is 18.1 Å². The summed E-state index contributed by atoms with van der Waals surface area (Å²) in [5, 5.41) is 2.74.